The summed E-state index contributed by atoms with van der Waals surface area (Å²) >= 11 is 3.35. The molecule has 0 radical (unpaired) electrons. The predicted octanol–water partition coefficient (Wildman–Crippen LogP) is 4.71. The number of allylic oxidation sites excluding steroid dienone is 2. The lowest BCUT2D eigenvalue weighted by atomic mass is 9.85. The van der Waals surface area contributed by atoms with Crippen molar-refractivity contribution in [1.29, 1.82) is 0 Å². The molecule has 0 saturated carbocycles. The van der Waals surface area contributed by atoms with Gasteiger partial charge in [-0.3, -0.25) is 0 Å². The third-order valence-corrected chi connectivity index (χ3v) is 4.26. The number of halogens is 2. The lowest BCUT2D eigenvalue weighted by molar-refractivity contribution is 0.0677. The van der Waals surface area contributed by atoms with Gasteiger partial charge in [-0.15, -0.1) is 0 Å². The summed E-state index contributed by atoms with van der Waals surface area (Å²) in [5, 5.41) is 0. The Morgan fingerprint density at radius 1 is 1.33 bits per heavy atom. The van der Waals surface area contributed by atoms with Crippen LogP contribution in [0.3, 0.4) is 0 Å². The van der Waals surface area contributed by atoms with Crippen LogP contribution in [0.4, 0.5) is 4.39 Å². The molecule has 0 amide bonds. The first-order valence-corrected chi connectivity index (χ1v) is 7.13. The SMILES string of the molecule is CC1CC=CCC1COCc1ccc(F)cc1Br. The molecule has 1 aromatic rings. The molecule has 1 nitrogen and oxygen atoms in total. The van der Waals surface area contributed by atoms with Gasteiger partial charge < -0.3 is 4.74 Å². The van der Waals surface area contributed by atoms with E-state index in [1.54, 1.807) is 6.07 Å². The maximum atomic E-state index is 12.9. The van der Waals surface area contributed by atoms with E-state index in [-0.39, 0.29) is 5.82 Å². The van der Waals surface area contributed by atoms with Crippen molar-refractivity contribution in [3.8, 4) is 0 Å². The first-order chi connectivity index (χ1) is 8.66. The van der Waals surface area contributed by atoms with Crippen LogP contribution >= 0.6 is 15.9 Å². The molecule has 3 heteroatoms. The van der Waals surface area contributed by atoms with Gasteiger partial charge in [0.2, 0.25) is 0 Å². The molecule has 1 aliphatic carbocycles. The van der Waals surface area contributed by atoms with Gasteiger partial charge in [0, 0.05) is 4.47 Å². The zero-order valence-corrected chi connectivity index (χ0v) is 12.1. The molecule has 2 unspecified atom stereocenters. The highest BCUT2D eigenvalue weighted by Gasteiger charge is 2.18. The fourth-order valence-electron chi connectivity index (χ4n) is 2.20. The highest BCUT2D eigenvalue weighted by molar-refractivity contribution is 9.10. The Kier molecular flexibility index (Phi) is 4.95. The average molecular weight is 313 g/mol. The fraction of sp³-hybridized carbons (Fsp3) is 0.467. The molecule has 2 rings (SSSR count). The van der Waals surface area contributed by atoms with Gasteiger partial charge in [-0.2, -0.15) is 0 Å². The lowest BCUT2D eigenvalue weighted by Gasteiger charge is -2.25. The maximum absolute atomic E-state index is 12.9. The molecular weight excluding hydrogens is 295 g/mol. The van der Waals surface area contributed by atoms with Crippen LogP contribution < -0.4 is 0 Å². The second kappa shape index (κ2) is 6.48. The van der Waals surface area contributed by atoms with Gasteiger partial charge >= 0.3 is 0 Å². The van der Waals surface area contributed by atoms with Crippen molar-refractivity contribution in [2.24, 2.45) is 11.8 Å². The molecule has 2 atom stereocenters. The molecule has 0 fully saturated rings. The fourth-order valence-corrected chi connectivity index (χ4v) is 2.66. The topological polar surface area (TPSA) is 9.23 Å². The summed E-state index contributed by atoms with van der Waals surface area (Å²) in [6.45, 7) is 3.58. The van der Waals surface area contributed by atoms with E-state index in [0.717, 1.165) is 29.5 Å². The molecule has 0 heterocycles. The van der Waals surface area contributed by atoms with Gasteiger partial charge in [0.25, 0.3) is 0 Å². The van der Waals surface area contributed by atoms with E-state index in [1.807, 2.05) is 0 Å². The summed E-state index contributed by atoms with van der Waals surface area (Å²) < 4.78 is 19.5. The molecule has 0 saturated heterocycles. The quantitative estimate of drug-likeness (QED) is 0.732. The van der Waals surface area contributed by atoms with Crippen molar-refractivity contribution < 1.29 is 9.13 Å². The van der Waals surface area contributed by atoms with Gasteiger partial charge in [-0.1, -0.05) is 41.1 Å². The van der Waals surface area contributed by atoms with E-state index in [9.17, 15) is 4.39 Å². The van der Waals surface area contributed by atoms with E-state index < -0.39 is 0 Å². The third kappa shape index (κ3) is 3.66. The summed E-state index contributed by atoms with van der Waals surface area (Å²) in [7, 11) is 0. The monoisotopic (exact) mass is 312 g/mol. The minimum Gasteiger partial charge on any atom is -0.376 e. The van der Waals surface area contributed by atoms with Crippen LogP contribution in [0.2, 0.25) is 0 Å². The molecule has 0 bridgehead atoms. The Morgan fingerprint density at radius 3 is 2.83 bits per heavy atom. The Hall–Kier alpha value is -0.670. The van der Waals surface area contributed by atoms with Crippen LogP contribution in [0.1, 0.15) is 25.3 Å². The molecule has 18 heavy (non-hydrogen) atoms. The van der Waals surface area contributed by atoms with Gasteiger partial charge in [0.1, 0.15) is 5.82 Å². The minimum atomic E-state index is -0.225. The van der Waals surface area contributed by atoms with Crippen molar-refractivity contribution in [2.75, 3.05) is 6.61 Å². The zero-order valence-electron chi connectivity index (χ0n) is 10.5. The Bertz CT molecular complexity index is 431. The van der Waals surface area contributed by atoms with Crippen molar-refractivity contribution >= 4 is 15.9 Å². The third-order valence-electron chi connectivity index (χ3n) is 3.52. The summed E-state index contributed by atoms with van der Waals surface area (Å²) in [5.74, 6) is 1.07. The van der Waals surface area contributed by atoms with Crippen molar-refractivity contribution in [2.45, 2.75) is 26.4 Å². The smallest absolute Gasteiger partial charge is 0.124 e. The Balaban J connectivity index is 1.83. The molecule has 0 spiro atoms. The summed E-state index contributed by atoms with van der Waals surface area (Å²) in [6.07, 6.45) is 6.74. The zero-order chi connectivity index (χ0) is 13.0. The van der Waals surface area contributed by atoms with Crippen LogP contribution in [0, 0.1) is 17.7 Å². The summed E-state index contributed by atoms with van der Waals surface area (Å²) in [5.41, 5.74) is 0.996. The number of ether oxygens (including phenoxy) is 1. The van der Waals surface area contributed by atoms with Gasteiger partial charge in [-0.25, -0.2) is 4.39 Å². The Labute approximate surface area is 116 Å². The maximum Gasteiger partial charge on any atom is 0.124 e. The first-order valence-electron chi connectivity index (χ1n) is 6.33. The molecule has 0 aromatic heterocycles. The van der Waals surface area contributed by atoms with Crippen LogP contribution in [0.15, 0.2) is 34.8 Å². The molecule has 0 N–H and O–H groups in total. The molecule has 1 aromatic carbocycles. The van der Waals surface area contributed by atoms with E-state index in [2.05, 4.69) is 35.0 Å². The van der Waals surface area contributed by atoms with E-state index >= 15 is 0 Å². The largest absolute Gasteiger partial charge is 0.376 e. The predicted molar refractivity (Wildman–Crippen MR) is 74.8 cm³/mol. The molecule has 0 aliphatic heterocycles. The van der Waals surface area contributed by atoms with E-state index in [1.165, 1.54) is 12.1 Å². The number of rotatable bonds is 4. The molecule has 1 aliphatic rings. The second-order valence-electron chi connectivity index (χ2n) is 4.93. The second-order valence-corrected chi connectivity index (χ2v) is 5.79. The van der Waals surface area contributed by atoms with Crippen LogP contribution in [-0.4, -0.2) is 6.61 Å². The molecular formula is C15H18BrFO. The number of hydrogen-bond donors (Lipinski definition) is 0. The van der Waals surface area contributed by atoms with Crippen LogP contribution in [-0.2, 0) is 11.3 Å². The molecule has 98 valence electrons. The van der Waals surface area contributed by atoms with Gasteiger partial charge in [0.05, 0.1) is 13.2 Å². The summed E-state index contributed by atoms with van der Waals surface area (Å²) in [6, 6.07) is 4.71. The standard InChI is InChI=1S/C15H18BrFO/c1-11-4-2-3-5-12(11)9-18-10-13-6-7-14(17)8-15(13)16/h2-3,6-8,11-12H,4-5,9-10H2,1H3. The van der Waals surface area contributed by atoms with Crippen molar-refractivity contribution in [3.63, 3.8) is 0 Å². The highest BCUT2D eigenvalue weighted by Crippen LogP contribution is 2.26. The average Bonchev–Trinajstić information content (AvgIpc) is 2.34. The van der Waals surface area contributed by atoms with Gasteiger partial charge in [-0.05, 0) is 42.4 Å². The summed E-state index contributed by atoms with van der Waals surface area (Å²) in [4.78, 5) is 0. The number of hydrogen-bond acceptors (Lipinski definition) is 1. The first kappa shape index (κ1) is 13.8. The van der Waals surface area contributed by atoms with Crippen molar-refractivity contribution in [1.82, 2.24) is 0 Å². The van der Waals surface area contributed by atoms with E-state index in [4.69, 9.17) is 4.74 Å². The Morgan fingerprint density at radius 2 is 2.11 bits per heavy atom. The minimum absolute atomic E-state index is 0.225. The van der Waals surface area contributed by atoms with Crippen LogP contribution in [0.25, 0.3) is 0 Å². The highest BCUT2D eigenvalue weighted by atomic mass is 79.9. The lowest BCUT2D eigenvalue weighted by Crippen LogP contribution is -2.19. The van der Waals surface area contributed by atoms with E-state index in [0.29, 0.717) is 18.4 Å². The number of benzene rings is 1. The normalized spacial score (nSPS) is 23.3. The van der Waals surface area contributed by atoms with Crippen molar-refractivity contribution in [3.05, 3.63) is 46.2 Å². The van der Waals surface area contributed by atoms with Gasteiger partial charge in [0.15, 0.2) is 0 Å². The van der Waals surface area contributed by atoms with Crippen LogP contribution in [0.5, 0.6) is 0 Å².